The average Bonchev–Trinajstić information content (AvgIpc) is 1.65. The van der Waals surface area contributed by atoms with E-state index in [1.807, 2.05) is 157 Å². The molecule has 17 rings (SSSR count). The molecule has 0 bridgehead atoms. The number of methoxy groups -OCH3 is 1. The summed E-state index contributed by atoms with van der Waals surface area (Å²) < 4.78 is 37.0. The van der Waals surface area contributed by atoms with Crippen molar-refractivity contribution in [2.24, 2.45) is 17.8 Å². The lowest BCUT2D eigenvalue weighted by Gasteiger charge is -2.21. The van der Waals surface area contributed by atoms with Crippen LogP contribution in [0.5, 0.6) is 34.5 Å². The summed E-state index contributed by atoms with van der Waals surface area (Å²) >= 11 is 1.86. The third kappa shape index (κ3) is 38.2. The number of aryl methyl sites for hydroxylation is 2. The van der Waals surface area contributed by atoms with Gasteiger partial charge in [0.15, 0.2) is 23.7 Å². The van der Waals surface area contributed by atoms with Crippen LogP contribution in [0.15, 0.2) is 301 Å². The topological polar surface area (TPSA) is 134 Å². The summed E-state index contributed by atoms with van der Waals surface area (Å²) in [5, 5.41) is 2.15. The molecule has 2 atom stereocenters. The van der Waals surface area contributed by atoms with Crippen molar-refractivity contribution in [2.45, 2.75) is 270 Å². The van der Waals surface area contributed by atoms with Gasteiger partial charge >= 0.3 is 11.9 Å². The first-order valence-electron chi connectivity index (χ1n) is 49.0. The molecule has 13 aromatic rings. The Balaban J connectivity index is 0.000000185. The Labute approximate surface area is 814 Å². The number of hydrogen-bond acceptors (Lipinski definition) is 13. The van der Waals surface area contributed by atoms with E-state index in [4.69, 9.17) is 37.9 Å². The predicted molar refractivity (Wildman–Crippen MR) is 561 cm³/mol. The van der Waals surface area contributed by atoms with Gasteiger partial charge in [0.25, 0.3) is 0 Å². The number of benzene rings is 11. The number of fused-ring (bicyclic) bond motifs is 3. The fraction of sp³-hybridized carbons (Fsp3) is 0.385. The lowest BCUT2D eigenvalue weighted by molar-refractivity contribution is -0.322. The van der Waals surface area contributed by atoms with Gasteiger partial charge in [0.2, 0.25) is 6.79 Å². The van der Waals surface area contributed by atoms with E-state index < -0.39 is 0 Å². The van der Waals surface area contributed by atoms with Gasteiger partial charge < -0.3 is 32.8 Å². The second-order valence-corrected chi connectivity index (χ2v) is 39.0. The van der Waals surface area contributed by atoms with Crippen molar-refractivity contribution in [1.82, 2.24) is 4.98 Å². The number of unbranched alkanes of at least 4 members (excludes halogenated alkanes) is 1. The monoisotopic (exact) mass is 1840 g/mol. The maximum Gasteiger partial charge on any atom is 0.338 e. The van der Waals surface area contributed by atoms with Crippen molar-refractivity contribution in [3.8, 4) is 45.8 Å². The number of nitrogens with zero attached hydrogens (tertiary/aromatic N) is 1. The van der Waals surface area contributed by atoms with Gasteiger partial charge in [-0.2, -0.15) is 0 Å². The minimum atomic E-state index is -0.275. The molecule has 4 aliphatic rings. The number of thiophene rings is 1. The number of carbonyl (C=O) groups excluding carboxylic acids is 2. The summed E-state index contributed by atoms with van der Waals surface area (Å²) in [6.45, 7) is 48.2. The van der Waals surface area contributed by atoms with Crippen LogP contribution in [-0.2, 0) is 51.7 Å². The summed E-state index contributed by atoms with van der Waals surface area (Å²) in [6.07, 6.45) is 14.5. The van der Waals surface area contributed by atoms with Gasteiger partial charge in [-0.25, -0.2) is 24.3 Å². The molecule has 13 heteroatoms. The zero-order valence-electron chi connectivity index (χ0n) is 84.8. The van der Waals surface area contributed by atoms with E-state index in [1.165, 1.54) is 113 Å². The highest BCUT2D eigenvalue weighted by Gasteiger charge is 2.40. The van der Waals surface area contributed by atoms with Crippen molar-refractivity contribution in [1.29, 1.82) is 0 Å². The number of aromatic nitrogens is 1. The highest BCUT2D eigenvalue weighted by molar-refractivity contribution is 7.09. The quantitative estimate of drug-likeness (QED) is 0.0343. The maximum atomic E-state index is 11.6. The van der Waals surface area contributed by atoms with Crippen molar-refractivity contribution >= 4 is 23.3 Å². The van der Waals surface area contributed by atoms with Gasteiger partial charge in [0, 0.05) is 10.4 Å². The number of oxazole rings is 1. The molecule has 0 radical (unpaired) electrons. The van der Waals surface area contributed by atoms with Crippen LogP contribution >= 0.6 is 11.3 Å². The number of esters is 2. The highest BCUT2D eigenvalue weighted by Crippen LogP contribution is 2.51. The third-order valence-electron chi connectivity index (χ3n) is 23.8. The Morgan fingerprint density at radius 1 is 0.437 bits per heavy atom. The number of rotatable bonds is 23. The van der Waals surface area contributed by atoms with Gasteiger partial charge in [-0.3, -0.25) is 0 Å². The molecule has 135 heavy (non-hydrogen) atoms. The standard InChI is InChI=1S/2C15H16O.C14H20O2.C13H18.C12H13NO.C12H16.2C11H14O2.C10H12O2.C9H14S/c1-12(2)14-10-6-7-11-15(14)16-13-8-4-3-5-9-13;1-12(2)13-8-10-15(11-9-13)16-14-6-4-3-5-7-14;1-4-5-10-16-14(15)13-8-6-12(7-9-13)11(2)3;1-10(2)12-9-5-7-11-6-3-4-8-13(11)12;1-9(2)10-3-5-11(6-4-10)12-7-13-8-14-12;1-9(2)11-8-12(11)10-6-4-3-5-7-10;1-8(2)9-3-4-10-6-12-13-7-11(10)5-9;1-8(2)9-5-4-6-10(7-9)11(12)13-3;1-7(2)8-3-4-9-10(5-8)12-6-11-9;1-8(2)5-6-9-4-3-7-10-9/h2*3-12H,1-2H3;6-9,11H,4-5,10H2,1-3H3;5,7,9-10H,3-4,6,8H2,1-2H3;3-9H,1-2H3;3-7,9,11-12H,8H2,1-2H3;3-5,8H,6-7H2,1-2H3;4-8H,1-3H3;3-5,7H,6H2,1-2H3;3-4,7-8H,5-6H2,1-2H3/t;;;;;11-,12-;;;;/m.....0..../s1. The van der Waals surface area contributed by atoms with Gasteiger partial charge in [-0.05, 0) is 285 Å². The average molecular weight is 1840 g/mol. The van der Waals surface area contributed by atoms with E-state index >= 15 is 0 Å². The summed E-state index contributed by atoms with van der Waals surface area (Å²) in [7, 11) is 1.39. The summed E-state index contributed by atoms with van der Waals surface area (Å²) in [4.78, 5) is 38.0. The Morgan fingerprint density at radius 3 is 1.51 bits per heavy atom. The normalized spacial score (nSPS) is 13.4. The molecule has 11 aromatic carbocycles. The lowest BCUT2D eigenvalue weighted by Crippen LogP contribution is -2.08. The van der Waals surface area contributed by atoms with Gasteiger partial charge in [-0.1, -0.05) is 346 Å². The molecular weight excluding hydrogens is 1690 g/mol. The van der Waals surface area contributed by atoms with E-state index in [1.54, 1.807) is 29.0 Å². The molecule has 0 unspecified atom stereocenters. The fourth-order valence-electron chi connectivity index (χ4n) is 15.2. The highest BCUT2D eigenvalue weighted by atomic mass is 32.1. The molecular formula is C122H153NO11S. The van der Waals surface area contributed by atoms with Crippen LogP contribution in [0.3, 0.4) is 0 Å². The molecule has 1 saturated carbocycles. The molecule has 0 saturated heterocycles. The fourth-order valence-corrected chi connectivity index (χ4v) is 15.9. The van der Waals surface area contributed by atoms with Gasteiger partial charge in [0.1, 0.15) is 36.2 Å². The molecule has 2 aromatic heterocycles. The molecule has 0 N–H and O–H groups in total. The van der Waals surface area contributed by atoms with Crippen molar-refractivity contribution in [3.05, 3.63) is 385 Å². The molecule has 2 aliphatic carbocycles. The van der Waals surface area contributed by atoms with E-state index in [0.717, 1.165) is 87.9 Å². The lowest BCUT2D eigenvalue weighted by atomic mass is 9.85. The second-order valence-electron chi connectivity index (χ2n) is 37.9. The van der Waals surface area contributed by atoms with Gasteiger partial charge in [-0.15, -0.1) is 11.3 Å². The summed E-state index contributed by atoms with van der Waals surface area (Å²) in [5.41, 5.74) is 20.2. The largest absolute Gasteiger partial charge is 0.465 e. The molecule has 12 nitrogen and oxygen atoms in total. The first-order valence-corrected chi connectivity index (χ1v) is 49.9. The minimum Gasteiger partial charge on any atom is -0.465 e. The Bertz CT molecular complexity index is 5450. The van der Waals surface area contributed by atoms with Crippen LogP contribution in [0.1, 0.15) is 335 Å². The van der Waals surface area contributed by atoms with E-state index in [9.17, 15) is 9.59 Å². The SMILES string of the molecule is CC(C)CCc1cccs1.CC(C)[C@@H]1C[C@H]1c1ccccc1.CC(C)c1ccc(-c2cnco2)cc1.CC(C)c1ccc(Oc2ccccc2)cc1.CC(C)c1ccc2c(c1)COOC2.CC(C)c1ccc2c(c1)OCO2.CC(C)c1cccc2c1CCCC2.CC(C)c1ccccc1Oc1ccccc1.CCCCOC(=O)c1ccc(C(C)C)cc1.COC(=O)c1cccc(C(C)C)c1. The molecule has 2 aliphatic heterocycles. The number of para-hydroxylation sites is 3. The molecule has 4 heterocycles. The van der Waals surface area contributed by atoms with E-state index in [2.05, 4.69) is 288 Å². The maximum absolute atomic E-state index is 11.6. The van der Waals surface area contributed by atoms with E-state index in [0.29, 0.717) is 85.1 Å². The first kappa shape index (κ1) is 109. The van der Waals surface area contributed by atoms with Gasteiger partial charge in [0.05, 0.1) is 31.0 Å². The predicted octanol–water partition coefficient (Wildman–Crippen LogP) is 34.8. The Morgan fingerprint density at radius 2 is 0.956 bits per heavy atom. The first-order chi connectivity index (χ1) is 65.0. The van der Waals surface area contributed by atoms with Crippen LogP contribution < -0.4 is 18.9 Å². The molecule has 718 valence electrons. The molecule has 0 spiro atoms. The summed E-state index contributed by atoms with van der Waals surface area (Å²) in [5.74, 6) is 13.5. The zero-order chi connectivity index (χ0) is 97.6. The van der Waals surface area contributed by atoms with Crippen LogP contribution in [0, 0.1) is 17.8 Å². The van der Waals surface area contributed by atoms with E-state index in [-0.39, 0.29) is 11.9 Å². The third-order valence-corrected chi connectivity index (χ3v) is 24.8. The minimum absolute atomic E-state index is 0.219. The summed E-state index contributed by atoms with van der Waals surface area (Å²) in [6, 6.07) is 94.4. The van der Waals surface area contributed by atoms with Crippen molar-refractivity contribution in [2.75, 3.05) is 20.5 Å². The van der Waals surface area contributed by atoms with Crippen LogP contribution in [0.2, 0.25) is 0 Å². The second kappa shape index (κ2) is 58.6. The number of hydrogen-bond donors (Lipinski definition) is 0. The molecule has 1 fully saturated rings. The Kier molecular flexibility index (Phi) is 47.2. The number of carbonyl (C=O) groups is 2. The van der Waals surface area contributed by atoms with Crippen molar-refractivity contribution < 1.29 is 52.2 Å². The van der Waals surface area contributed by atoms with Crippen LogP contribution in [-0.4, -0.2) is 37.4 Å². The smallest absolute Gasteiger partial charge is 0.338 e. The van der Waals surface area contributed by atoms with Crippen molar-refractivity contribution in [3.63, 3.8) is 0 Å². The Hall–Kier alpha value is -11.6. The number of ether oxygens (including phenoxy) is 6. The zero-order valence-corrected chi connectivity index (χ0v) is 85.6. The van der Waals surface area contributed by atoms with Crippen LogP contribution in [0.4, 0.5) is 0 Å². The molecule has 0 amide bonds. The van der Waals surface area contributed by atoms with Crippen LogP contribution in [0.25, 0.3) is 11.3 Å².